The lowest BCUT2D eigenvalue weighted by Gasteiger charge is -2.23. The first kappa shape index (κ1) is 22.5. The third kappa shape index (κ3) is 4.00. The van der Waals surface area contributed by atoms with Crippen LogP contribution in [0, 0.1) is 5.82 Å². The molecule has 1 amide bonds. The first-order valence-electron chi connectivity index (χ1n) is 10.8. The lowest BCUT2D eigenvalue weighted by Crippen LogP contribution is -2.29. The molecule has 0 saturated carbocycles. The van der Waals surface area contributed by atoms with Crippen LogP contribution in [0.3, 0.4) is 0 Å². The Balaban J connectivity index is 1.68. The van der Waals surface area contributed by atoms with Crippen molar-refractivity contribution in [1.82, 2.24) is 4.98 Å². The van der Waals surface area contributed by atoms with E-state index in [1.807, 2.05) is 6.92 Å². The topological polar surface area (TPSA) is 100.0 Å². The van der Waals surface area contributed by atoms with E-state index in [2.05, 4.69) is 4.98 Å². The van der Waals surface area contributed by atoms with Crippen molar-refractivity contribution in [2.24, 2.45) is 0 Å². The number of aromatic nitrogens is 1. The van der Waals surface area contributed by atoms with E-state index in [0.29, 0.717) is 33.7 Å². The van der Waals surface area contributed by atoms with Gasteiger partial charge in [0, 0.05) is 5.56 Å². The number of thiazole rings is 1. The molecular formula is C26H19FN2O5S. The minimum absolute atomic E-state index is 0.00711. The van der Waals surface area contributed by atoms with Crippen LogP contribution in [0.25, 0.3) is 16.0 Å². The summed E-state index contributed by atoms with van der Waals surface area (Å²) in [4.78, 5) is 32.1. The molecule has 0 aliphatic carbocycles. The number of aliphatic hydroxyl groups excluding tert-OH is 1. The second kappa shape index (κ2) is 8.84. The van der Waals surface area contributed by atoms with Crippen molar-refractivity contribution in [1.29, 1.82) is 0 Å². The maximum absolute atomic E-state index is 13.7. The second-order valence-electron chi connectivity index (χ2n) is 7.83. The summed E-state index contributed by atoms with van der Waals surface area (Å²) in [6, 6.07) is 15.6. The highest BCUT2D eigenvalue weighted by atomic mass is 32.1. The zero-order chi connectivity index (χ0) is 24.7. The third-order valence-electron chi connectivity index (χ3n) is 5.64. The number of fused-ring (bicyclic) bond motifs is 1. The number of aromatic hydroxyl groups is 1. The summed E-state index contributed by atoms with van der Waals surface area (Å²) in [7, 11) is 0. The maximum atomic E-state index is 13.7. The average molecular weight is 491 g/mol. The zero-order valence-corrected chi connectivity index (χ0v) is 19.3. The Morgan fingerprint density at radius 3 is 2.49 bits per heavy atom. The minimum Gasteiger partial charge on any atom is -0.508 e. The molecule has 7 nitrogen and oxygen atoms in total. The number of carbonyl (C=O) groups excluding carboxylic acids is 2. The van der Waals surface area contributed by atoms with E-state index in [-0.39, 0.29) is 22.2 Å². The number of aliphatic hydroxyl groups is 1. The van der Waals surface area contributed by atoms with Crippen molar-refractivity contribution in [2.75, 3.05) is 11.5 Å². The monoisotopic (exact) mass is 490 g/mol. The number of carbonyl (C=O) groups is 2. The highest BCUT2D eigenvalue weighted by Crippen LogP contribution is 2.44. The number of nitrogens with zero attached hydrogens (tertiary/aromatic N) is 2. The first-order chi connectivity index (χ1) is 16.9. The quantitative estimate of drug-likeness (QED) is 0.228. The first-order valence-corrected chi connectivity index (χ1v) is 11.6. The molecule has 0 spiro atoms. The smallest absolute Gasteiger partial charge is 0.301 e. The Hall–Kier alpha value is -4.24. The summed E-state index contributed by atoms with van der Waals surface area (Å²) < 4.78 is 19.7. The molecule has 2 N–H and O–H groups in total. The Kier molecular flexibility index (Phi) is 5.70. The summed E-state index contributed by atoms with van der Waals surface area (Å²) in [5.41, 5.74) is 1.18. The van der Waals surface area contributed by atoms with E-state index < -0.39 is 23.5 Å². The van der Waals surface area contributed by atoms with Crippen molar-refractivity contribution >= 4 is 44.1 Å². The van der Waals surface area contributed by atoms with Gasteiger partial charge in [0.05, 0.1) is 28.4 Å². The fourth-order valence-corrected chi connectivity index (χ4v) is 5.04. The Morgan fingerprint density at radius 1 is 1.09 bits per heavy atom. The second-order valence-corrected chi connectivity index (χ2v) is 8.84. The van der Waals surface area contributed by atoms with Crippen LogP contribution in [0.1, 0.15) is 24.1 Å². The van der Waals surface area contributed by atoms with Crippen LogP contribution in [0.4, 0.5) is 9.52 Å². The molecule has 3 aromatic carbocycles. The molecule has 1 aliphatic heterocycles. The number of benzene rings is 3. The van der Waals surface area contributed by atoms with E-state index in [1.54, 1.807) is 36.4 Å². The van der Waals surface area contributed by atoms with Gasteiger partial charge in [-0.2, -0.15) is 0 Å². The summed E-state index contributed by atoms with van der Waals surface area (Å²) in [6.07, 6.45) is 0. The molecule has 1 aromatic heterocycles. The van der Waals surface area contributed by atoms with Gasteiger partial charge in [-0.25, -0.2) is 9.37 Å². The normalized spacial score (nSPS) is 17.3. The van der Waals surface area contributed by atoms with Crippen molar-refractivity contribution in [3.63, 3.8) is 0 Å². The Labute approximate surface area is 203 Å². The molecule has 5 rings (SSSR count). The van der Waals surface area contributed by atoms with Gasteiger partial charge in [-0.05, 0) is 67.1 Å². The predicted molar refractivity (Wildman–Crippen MR) is 130 cm³/mol. The molecule has 1 aliphatic rings. The molecule has 9 heteroatoms. The fourth-order valence-electron chi connectivity index (χ4n) is 4.02. The van der Waals surface area contributed by atoms with E-state index in [1.165, 1.54) is 35.2 Å². The lowest BCUT2D eigenvalue weighted by molar-refractivity contribution is -0.132. The van der Waals surface area contributed by atoms with Crippen LogP contribution in [0.2, 0.25) is 0 Å². The van der Waals surface area contributed by atoms with Crippen LogP contribution in [-0.4, -0.2) is 33.5 Å². The number of hydrogen-bond donors (Lipinski definition) is 2. The minimum atomic E-state index is -1.01. The molecule has 35 heavy (non-hydrogen) atoms. The van der Waals surface area contributed by atoms with Crippen LogP contribution in [0.5, 0.6) is 11.5 Å². The number of anilines is 1. The van der Waals surface area contributed by atoms with Gasteiger partial charge in [0.15, 0.2) is 5.13 Å². The van der Waals surface area contributed by atoms with Gasteiger partial charge in [0.2, 0.25) is 0 Å². The molecule has 176 valence electrons. The van der Waals surface area contributed by atoms with Crippen molar-refractivity contribution < 1.29 is 28.9 Å². The summed E-state index contributed by atoms with van der Waals surface area (Å²) >= 11 is 1.06. The van der Waals surface area contributed by atoms with Crippen LogP contribution in [0.15, 0.2) is 72.3 Å². The molecule has 4 aromatic rings. The maximum Gasteiger partial charge on any atom is 0.301 e. The SMILES string of the molecule is CCOc1ccc(C(O)=C2C(=O)C(=O)N(c3nc4ccc(F)cc4s3)C2c2ccc(O)cc2)cc1. The molecule has 1 saturated heterocycles. The molecule has 0 bridgehead atoms. The van der Waals surface area contributed by atoms with E-state index in [9.17, 15) is 24.2 Å². The van der Waals surface area contributed by atoms with Crippen LogP contribution < -0.4 is 9.64 Å². The zero-order valence-electron chi connectivity index (χ0n) is 18.4. The number of amides is 1. The number of Topliss-reactive ketones (excluding diaryl/α,β-unsaturated/α-hetero) is 1. The van der Waals surface area contributed by atoms with Crippen molar-refractivity contribution in [3.8, 4) is 11.5 Å². The highest BCUT2D eigenvalue weighted by Gasteiger charge is 2.48. The number of ketones is 1. The molecular weight excluding hydrogens is 471 g/mol. The van der Waals surface area contributed by atoms with Gasteiger partial charge >= 0.3 is 5.91 Å². The van der Waals surface area contributed by atoms with E-state index in [4.69, 9.17) is 4.74 Å². The molecule has 1 unspecified atom stereocenters. The van der Waals surface area contributed by atoms with Gasteiger partial charge in [0.25, 0.3) is 5.78 Å². The number of ether oxygens (including phenoxy) is 1. The van der Waals surface area contributed by atoms with Gasteiger partial charge < -0.3 is 14.9 Å². The highest BCUT2D eigenvalue weighted by molar-refractivity contribution is 7.22. The van der Waals surface area contributed by atoms with Gasteiger partial charge in [0.1, 0.15) is 23.1 Å². The van der Waals surface area contributed by atoms with E-state index >= 15 is 0 Å². The number of phenolic OH excluding ortho intramolecular Hbond substituents is 1. The lowest BCUT2D eigenvalue weighted by atomic mass is 9.95. The predicted octanol–water partition coefficient (Wildman–Crippen LogP) is 5.17. The van der Waals surface area contributed by atoms with Gasteiger partial charge in [-0.3, -0.25) is 14.5 Å². The summed E-state index contributed by atoms with van der Waals surface area (Å²) in [6.45, 7) is 2.33. The third-order valence-corrected chi connectivity index (χ3v) is 6.65. The van der Waals surface area contributed by atoms with Crippen molar-refractivity contribution in [2.45, 2.75) is 13.0 Å². The Morgan fingerprint density at radius 2 is 1.80 bits per heavy atom. The van der Waals surface area contributed by atoms with Gasteiger partial charge in [-0.15, -0.1) is 0 Å². The molecule has 1 atom stereocenters. The van der Waals surface area contributed by atoms with Crippen LogP contribution in [-0.2, 0) is 9.59 Å². The standard InChI is InChI=1S/C26H19FN2O5S/c1-2-34-18-10-5-15(6-11-18)23(31)21-22(14-3-8-17(30)9-4-14)29(25(33)24(21)32)26-28-19-12-7-16(27)13-20(19)35-26/h3-13,22,30-31H,2H2,1H3. The largest absolute Gasteiger partial charge is 0.508 e. The average Bonchev–Trinajstić information content (AvgIpc) is 3.37. The number of rotatable bonds is 5. The molecule has 1 fully saturated rings. The van der Waals surface area contributed by atoms with E-state index in [0.717, 1.165) is 11.3 Å². The van der Waals surface area contributed by atoms with Crippen LogP contribution >= 0.6 is 11.3 Å². The van der Waals surface area contributed by atoms with Gasteiger partial charge in [-0.1, -0.05) is 23.5 Å². The fraction of sp³-hybridized carbons (Fsp3) is 0.115. The summed E-state index contributed by atoms with van der Waals surface area (Å²) in [5.74, 6) is -1.93. The molecule has 0 radical (unpaired) electrons. The number of phenols is 1. The van der Waals surface area contributed by atoms with Crippen molar-refractivity contribution in [3.05, 3.63) is 89.2 Å². The molecule has 2 heterocycles. The Bertz CT molecular complexity index is 1480. The number of hydrogen-bond acceptors (Lipinski definition) is 7. The number of halogens is 1. The summed E-state index contributed by atoms with van der Waals surface area (Å²) in [5, 5.41) is 21.1.